The van der Waals surface area contributed by atoms with Crippen LogP contribution in [0, 0.1) is 5.92 Å². The monoisotopic (exact) mass is 379 g/mol. The molecule has 1 saturated carbocycles. The second-order valence-corrected chi connectivity index (χ2v) is 7.85. The van der Waals surface area contributed by atoms with Crippen LogP contribution in [0.15, 0.2) is 18.2 Å². The van der Waals surface area contributed by atoms with E-state index in [1.54, 1.807) is 25.2 Å². The fraction of sp³-hybridized carbons (Fsp3) is 0.579. The number of carbonyl (C=O) groups is 2. The lowest BCUT2D eigenvalue weighted by Crippen LogP contribution is -2.46. The Balaban J connectivity index is 1.91. The molecule has 142 valence electrons. The first kappa shape index (κ1) is 18.9. The van der Waals surface area contributed by atoms with E-state index in [2.05, 4.69) is 0 Å². The molecule has 1 aliphatic heterocycles. The highest BCUT2D eigenvalue weighted by atomic mass is 32.2. The number of methoxy groups -OCH3 is 2. The summed E-state index contributed by atoms with van der Waals surface area (Å²) >= 11 is 1.49. The molecular formula is C19H25NO5S. The van der Waals surface area contributed by atoms with Crippen molar-refractivity contribution < 1.29 is 24.2 Å². The summed E-state index contributed by atoms with van der Waals surface area (Å²) in [5.74, 6) is 0.555. The minimum atomic E-state index is -0.940. The van der Waals surface area contributed by atoms with E-state index in [0.29, 0.717) is 17.3 Å². The Kier molecular flexibility index (Phi) is 5.96. The predicted octanol–water partition coefficient (Wildman–Crippen LogP) is 3.31. The fourth-order valence-corrected chi connectivity index (χ4v) is 5.21. The van der Waals surface area contributed by atoms with Gasteiger partial charge in [-0.1, -0.05) is 25.3 Å². The molecule has 0 radical (unpaired) electrons. The minimum absolute atomic E-state index is 0.0260. The average Bonchev–Trinajstić information content (AvgIpc) is 3.12. The Morgan fingerprint density at radius 2 is 1.81 bits per heavy atom. The summed E-state index contributed by atoms with van der Waals surface area (Å²) in [5.41, 5.74) is 0.862. The summed E-state index contributed by atoms with van der Waals surface area (Å²) in [4.78, 5) is 26.5. The van der Waals surface area contributed by atoms with Crippen LogP contribution in [0.4, 0.5) is 0 Å². The molecule has 1 aromatic rings. The van der Waals surface area contributed by atoms with Crippen molar-refractivity contribution in [2.45, 2.75) is 43.5 Å². The van der Waals surface area contributed by atoms with Crippen LogP contribution in [0.2, 0.25) is 0 Å². The number of carbonyl (C=O) groups excluding carboxylic acids is 1. The Labute approximate surface area is 157 Å². The molecule has 3 rings (SSSR count). The van der Waals surface area contributed by atoms with E-state index < -0.39 is 12.0 Å². The van der Waals surface area contributed by atoms with Gasteiger partial charge in [-0.15, -0.1) is 11.8 Å². The van der Waals surface area contributed by atoms with Gasteiger partial charge < -0.3 is 19.5 Å². The van der Waals surface area contributed by atoms with Gasteiger partial charge in [0.2, 0.25) is 5.91 Å². The zero-order valence-corrected chi connectivity index (χ0v) is 16.0. The molecule has 0 aromatic heterocycles. The van der Waals surface area contributed by atoms with Crippen LogP contribution in [0.3, 0.4) is 0 Å². The summed E-state index contributed by atoms with van der Waals surface area (Å²) in [5, 5.41) is 9.31. The fourth-order valence-electron chi connectivity index (χ4n) is 3.79. The first-order valence-electron chi connectivity index (χ1n) is 8.95. The van der Waals surface area contributed by atoms with Crippen molar-refractivity contribution in [3.05, 3.63) is 23.8 Å². The third-order valence-electron chi connectivity index (χ3n) is 5.19. The van der Waals surface area contributed by atoms with Gasteiger partial charge in [0.1, 0.15) is 11.4 Å². The number of hydrogen-bond acceptors (Lipinski definition) is 5. The summed E-state index contributed by atoms with van der Waals surface area (Å²) in [6.07, 6.45) is 4.93. The van der Waals surface area contributed by atoms with Gasteiger partial charge >= 0.3 is 5.97 Å². The van der Waals surface area contributed by atoms with Gasteiger partial charge in [0.25, 0.3) is 0 Å². The van der Waals surface area contributed by atoms with Crippen LogP contribution >= 0.6 is 11.8 Å². The second kappa shape index (κ2) is 8.20. The van der Waals surface area contributed by atoms with Gasteiger partial charge in [0.05, 0.1) is 14.2 Å². The number of carboxylic acid groups (broad SMARTS) is 1. The lowest BCUT2D eigenvalue weighted by Gasteiger charge is -2.32. The number of benzene rings is 1. The number of amides is 1. The Bertz CT molecular complexity index is 674. The number of nitrogens with zero attached hydrogens (tertiary/aromatic N) is 1. The molecule has 1 saturated heterocycles. The highest BCUT2D eigenvalue weighted by molar-refractivity contribution is 7.99. The first-order valence-corrected chi connectivity index (χ1v) is 10.00. The third kappa shape index (κ3) is 3.63. The SMILES string of the molecule is COc1ccc([C@@H]2SC[C@@H](C(=O)O)N2C(=O)C2CCCCC2)cc1OC. The largest absolute Gasteiger partial charge is 0.493 e. The average molecular weight is 379 g/mol. The van der Waals surface area contributed by atoms with Crippen LogP contribution < -0.4 is 9.47 Å². The Morgan fingerprint density at radius 3 is 2.42 bits per heavy atom. The molecule has 0 unspecified atom stereocenters. The number of rotatable bonds is 5. The van der Waals surface area contributed by atoms with Crippen LogP contribution in [-0.4, -0.2) is 47.9 Å². The van der Waals surface area contributed by atoms with Crippen molar-refractivity contribution >= 4 is 23.6 Å². The minimum Gasteiger partial charge on any atom is -0.493 e. The highest BCUT2D eigenvalue weighted by Crippen LogP contribution is 2.45. The predicted molar refractivity (Wildman–Crippen MR) is 99.6 cm³/mol. The van der Waals surface area contributed by atoms with Crippen LogP contribution in [-0.2, 0) is 9.59 Å². The summed E-state index contributed by atoms with van der Waals surface area (Å²) in [6, 6.07) is 4.73. The molecule has 1 amide bonds. The van der Waals surface area contributed by atoms with E-state index in [1.807, 2.05) is 12.1 Å². The van der Waals surface area contributed by atoms with Gasteiger partial charge in [0, 0.05) is 11.7 Å². The molecule has 6 nitrogen and oxygen atoms in total. The molecule has 0 bridgehead atoms. The van der Waals surface area contributed by atoms with Crippen molar-refractivity contribution in [1.82, 2.24) is 4.90 Å². The lowest BCUT2D eigenvalue weighted by molar-refractivity contribution is -0.151. The maximum Gasteiger partial charge on any atom is 0.327 e. The molecule has 7 heteroatoms. The van der Waals surface area contributed by atoms with Crippen molar-refractivity contribution in [1.29, 1.82) is 0 Å². The summed E-state index contributed by atoms with van der Waals surface area (Å²) < 4.78 is 10.6. The Morgan fingerprint density at radius 1 is 1.12 bits per heavy atom. The van der Waals surface area contributed by atoms with Crippen molar-refractivity contribution in [3.8, 4) is 11.5 Å². The Hall–Kier alpha value is -1.89. The van der Waals surface area contributed by atoms with Crippen molar-refractivity contribution in [3.63, 3.8) is 0 Å². The van der Waals surface area contributed by atoms with E-state index in [4.69, 9.17) is 9.47 Å². The normalized spacial score (nSPS) is 23.7. The number of thioether (sulfide) groups is 1. The number of aliphatic carboxylic acids is 1. The molecule has 0 spiro atoms. The second-order valence-electron chi connectivity index (χ2n) is 6.73. The maximum absolute atomic E-state index is 13.2. The van der Waals surface area contributed by atoms with Crippen molar-refractivity contribution in [2.24, 2.45) is 5.92 Å². The van der Waals surface area contributed by atoms with Crippen LogP contribution in [0.25, 0.3) is 0 Å². The first-order chi connectivity index (χ1) is 12.6. The molecular weight excluding hydrogens is 354 g/mol. The van der Waals surface area contributed by atoms with Gasteiger partial charge in [-0.3, -0.25) is 4.79 Å². The van der Waals surface area contributed by atoms with Gasteiger partial charge in [-0.2, -0.15) is 0 Å². The van der Waals surface area contributed by atoms with Gasteiger partial charge in [-0.05, 0) is 30.5 Å². The zero-order valence-electron chi connectivity index (χ0n) is 15.1. The smallest absolute Gasteiger partial charge is 0.327 e. The zero-order chi connectivity index (χ0) is 18.7. The molecule has 2 atom stereocenters. The molecule has 1 N–H and O–H groups in total. The van der Waals surface area contributed by atoms with E-state index in [9.17, 15) is 14.7 Å². The summed E-state index contributed by atoms with van der Waals surface area (Å²) in [7, 11) is 3.13. The van der Waals surface area contributed by atoms with Gasteiger partial charge in [-0.25, -0.2) is 4.79 Å². The lowest BCUT2D eigenvalue weighted by atomic mass is 9.88. The molecule has 2 aliphatic rings. The molecule has 2 fully saturated rings. The van der Waals surface area contributed by atoms with E-state index in [-0.39, 0.29) is 17.2 Å². The number of ether oxygens (including phenoxy) is 2. The third-order valence-corrected chi connectivity index (χ3v) is 6.51. The standard InChI is InChI=1S/C19H25NO5S/c1-24-15-9-8-13(10-16(15)25-2)18-20(14(11-26-18)19(22)23)17(21)12-6-4-3-5-7-12/h8-10,12,14,18H,3-7,11H2,1-2H3,(H,22,23)/t14-,18-/m0/s1. The van der Waals surface area contributed by atoms with E-state index >= 15 is 0 Å². The van der Waals surface area contributed by atoms with Crippen LogP contribution in [0.1, 0.15) is 43.0 Å². The van der Waals surface area contributed by atoms with Gasteiger partial charge in [0.15, 0.2) is 11.5 Å². The molecule has 1 aliphatic carbocycles. The summed E-state index contributed by atoms with van der Waals surface area (Å²) in [6.45, 7) is 0. The number of hydrogen-bond donors (Lipinski definition) is 1. The molecule has 1 heterocycles. The molecule has 26 heavy (non-hydrogen) atoms. The van der Waals surface area contributed by atoms with Crippen LogP contribution in [0.5, 0.6) is 11.5 Å². The number of carboxylic acids is 1. The molecule has 1 aromatic carbocycles. The van der Waals surface area contributed by atoms with E-state index in [1.165, 1.54) is 11.8 Å². The maximum atomic E-state index is 13.2. The highest BCUT2D eigenvalue weighted by Gasteiger charge is 2.44. The topological polar surface area (TPSA) is 76.1 Å². The van der Waals surface area contributed by atoms with E-state index in [0.717, 1.165) is 37.7 Å². The quantitative estimate of drug-likeness (QED) is 0.846. The van der Waals surface area contributed by atoms with Crippen molar-refractivity contribution in [2.75, 3.05) is 20.0 Å².